The number of esters is 2. The molecule has 16 heteroatoms. The fraction of sp³-hybridized carbons (Fsp3) is 0.574. The van der Waals surface area contributed by atoms with Crippen molar-refractivity contribution in [1.29, 1.82) is 0 Å². The maximum atomic E-state index is 12.4. The van der Waals surface area contributed by atoms with Crippen molar-refractivity contribution in [2.45, 2.75) is 157 Å². The summed E-state index contributed by atoms with van der Waals surface area (Å²) in [6.45, 7) is 21.8. The first-order chi connectivity index (χ1) is 33.0. The second kappa shape index (κ2) is 28.7. The van der Waals surface area contributed by atoms with Gasteiger partial charge in [-0.15, -0.1) is 0 Å². The van der Waals surface area contributed by atoms with Gasteiger partial charge in [-0.1, -0.05) is 96.2 Å². The van der Waals surface area contributed by atoms with Gasteiger partial charge in [-0.25, -0.2) is 0 Å². The summed E-state index contributed by atoms with van der Waals surface area (Å²) < 4.78 is 31.8. The Hall–Kier alpha value is -4.27. The third-order valence-electron chi connectivity index (χ3n) is 12.8. The Morgan fingerprint density at radius 3 is 1.97 bits per heavy atom. The van der Waals surface area contributed by atoms with Crippen LogP contribution in [0, 0.1) is 38.5 Å². The first kappa shape index (κ1) is 60.0. The molecule has 0 saturated carbocycles. The van der Waals surface area contributed by atoms with Crippen molar-refractivity contribution in [3.8, 4) is 39.9 Å². The van der Waals surface area contributed by atoms with E-state index in [0.29, 0.717) is 11.3 Å². The van der Waals surface area contributed by atoms with Gasteiger partial charge in [-0.3, -0.25) is 14.4 Å². The number of hydrogen-bond acceptors (Lipinski definition) is 15. The summed E-state index contributed by atoms with van der Waals surface area (Å²) >= 11 is 6.17. The number of hydrogen-bond donors (Lipinski definition) is 4. The summed E-state index contributed by atoms with van der Waals surface area (Å²) in [6, 6.07) is 8.40. The Balaban J connectivity index is 0.000000290. The number of carbonyl (C=O) groups is 2. The van der Waals surface area contributed by atoms with Gasteiger partial charge >= 0.3 is 11.9 Å². The van der Waals surface area contributed by atoms with Crippen LogP contribution in [0.3, 0.4) is 0 Å². The molecule has 0 amide bonds. The van der Waals surface area contributed by atoms with Crippen molar-refractivity contribution < 1.29 is 57.7 Å². The van der Waals surface area contributed by atoms with Crippen molar-refractivity contribution >= 4 is 51.8 Å². The van der Waals surface area contributed by atoms with Crippen LogP contribution in [0.1, 0.15) is 141 Å². The number of rotatable bonds is 22. The predicted octanol–water partition coefficient (Wildman–Crippen LogP) is 13.5. The lowest BCUT2D eigenvalue weighted by molar-refractivity contribution is -0.149. The normalized spacial score (nSPS) is 15.6. The van der Waals surface area contributed by atoms with E-state index in [9.17, 15) is 34.8 Å². The molecule has 1 aromatic heterocycles. The quantitative estimate of drug-likeness (QED) is 0.0429. The average Bonchev–Trinajstić information content (AvgIpc) is 3.30. The van der Waals surface area contributed by atoms with Gasteiger partial charge in [0.25, 0.3) is 0 Å². The number of ether oxygens (including phenoxy) is 3. The van der Waals surface area contributed by atoms with E-state index in [1.54, 1.807) is 26.0 Å². The summed E-state index contributed by atoms with van der Waals surface area (Å²) in [7, 11) is 2.81. The van der Waals surface area contributed by atoms with Crippen LogP contribution < -0.4 is 10.2 Å². The highest BCUT2D eigenvalue weighted by Crippen LogP contribution is 2.62. The predicted molar refractivity (Wildman–Crippen MR) is 285 cm³/mol. The highest BCUT2D eigenvalue weighted by molar-refractivity contribution is 8.68. The first-order valence-corrected chi connectivity index (χ1v) is 28.6. The highest BCUT2D eigenvalue weighted by Gasteiger charge is 2.35. The van der Waals surface area contributed by atoms with Crippen LogP contribution in [-0.2, 0) is 46.3 Å². The van der Waals surface area contributed by atoms with Crippen LogP contribution in [0.25, 0.3) is 22.1 Å². The van der Waals surface area contributed by atoms with Gasteiger partial charge in [-0.05, 0) is 131 Å². The van der Waals surface area contributed by atoms with Crippen molar-refractivity contribution in [2.75, 3.05) is 27.4 Å². The van der Waals surface area contributed by atoms with Gasteiger partial charge in [0.1, 0.15) is 56.8 Å². The van der Waals surface area contributed by atoms with E-state index in [1.807, 2.05) is 13.8 Å². The lowest BCUT2D eigenvalue weighted by Gasteiger charge is -2.38. The van der Waals surface area contributed by atoms with E-state index in [1.165, 1.54) is 95.6 Å². The van der Waals surface area contributed by atoms with Gasteiger partial charge < -0.3 is 48.1 Å². The molecule has 1 aliphatic rings. The molecule has 5 rings (SSSR count). The maximum Gasteiger partial charge on any atom is 0.320 e. The zero-order valence-electron chi connectivity index (χ0n) is 43.5. The molecule has 4 atom stereocenters. The summed E-state index contributed by atoms with van der Waals surface area (Å²) in [4.78, 5) is 35.7. The standard InChI is InChI=1S/C29H50O2.C15H10O5.C10H19O6PS2/c1-20(2)12-9-13-21(3)14-10-15-22(4)16-11-18-29(8)19-17-26-25(7)27(30)23(5)24(6)28(26)31-29;16-9-3-1-8(2-4-9)11-7-20-13-6-10(17)5-12(18)14(13)15(11)19;1-5-15-9(11)7-8(10(12)16-6-2)19-17(18,13-3)14-4/h20-22,30H,9-19H2,1-8H3;1-7,16-18H;8H,5-7H2,1-4H3/t21-,22-,29-;;/m1../s1. The largest absolute Gasteiger partial charge is 0.508 e. The molecule has 0 fully saturated rings. The smallest absolute Gasteiger partial charge is 0.320 e. The Labute approximate surface area is 424 Å². The maximum absolute atomic E-state index is 12.4. The minimum atomic E-state index is -2.65. The van der Waals surface area contributed by atoms with Gasteiger partial charge in [0.2, 0.25) is 11.1 Å². The molecule has 13 nitrogen and oxygen atoms in total. The molecule has 2 heterocycles. The number of benzene rings is 3. The number of phenols is 4. The van der Waals surface area contributed by atoms with E-state index >= 15 is 0 Å². The van der Waals surface area contributed by atoms with Crippen molar-refractivity contribution in [1.82, 2.24) is 0 Å². The van der Waals surface area contributed by atoms with E-state index < -0.39 is 28.3 Å². The topological polar surface area (TPSA) is 191 Å². The number of fused-ring (bicyclic) bond motifs is 2. The number of phenolic OH excluding ortho intramolecular Hbond substituents is 4. The molecule has 0 saturated heterocycles. The minimum absolute atomic E-state index is 0.00775. The van der Waals surface area contributed by atoms with E-state index in [-0.39, 0.29) is 59.0 Å². The van der Waals surface area contributed by atoms with Gasteiger partial charge in [-0.2, -0.15) is 0 Å². The van der Waals surface area contributed by atoms with Gasteiger partial charge in [0.15, 0.2) is 0 Å². The Morgan fingerprint density at radius 2 is 1.40 bits per heavy atom. The Kier molecular flexibility index (Phi) is 24.6. The Bertz CT molecular complexity index is 2410. The second-order valence-electron chi connectivity index (χ2n) is 19.0. The zero-order chi connectivity index (χ0) is 52.3. The summed E-state index contributed by atoms with van der Waals surface area (Å²) in [5.74, 6) is 2.59. The molecule has 390 valence electrons. The van der Waals surface area contributed by atoms with Gasteiger partial charge in [0, 0.05) is 31.9 Å². The lowest BCUT2D eigenvalue weighted by Crippen LogP contribution is -2.37. The fourth-order valence-corrected chi connectivity index (χ4v) is 12.3. The molecule has 1 unspecified atom stereocenters. The second-order valence-corrected chi connectivity index (χ2v) is 25.6. The monoisotopic (exact) mass is 1030 g/mol. The van der Waals surface area contributed by atoms with E-state index in [0.717, 1.165) is 76.9 Å². The molecule has 4 N–H and O–H groups in total. The van der Waals surface area contributed by atoms with Gasteiger partial charge in [0.05, 0.1) is 25.2 Å². The first-order valence-electron chi connectivity index (χ1n) is 24.5. The fourth-order valence-electron chi connectivity index (χ4n) is 8.42. The van der Waals surface area contributed by atoms with Crippen LogP contribution in [0.5, 0.6) is 28.7 Å². The van der Waals surface area contributed by atoms with Crippen LogP contribution in [0.4, 0.5) is 0 Å². The third-order valence-corrected chi connectivity index (χ3v) is 18.7. The molecule has 4 aromatic rings. The van der Waals surface area contributed by atoms with Crippen molar-refractivity contribution in [3.05, 3.63) is 75.1 Å². The van der Waals surface area contributed by atoms with Crippen LogP contribution in [0.15, 0.2) is 51.9 Å². The van der Waals surface area contributed by atoms with E-state index in [4.69, 9.17) is 39.5 Å². The Morgan fingerprint density at radius 1 is 0.814 bits per heavy atom. The van der Waals surface area contributed by atoms with Crippen LogP contribution in [0.2, 0.25) is 0 Å². The molecular formula is C54H79O13PS2. The zero-order valence-corrected chi connectivity index (χ0v) is 46.0. The highest BCUT2D eigenvalue weighted by atomic mass is 32.9. The van der Waals surface area contributed by atoms with Crippen LogP contribution in [-0.4, -0.2) is 70.6 Å². The molecule has 70 heavy (non-hydrogen) atoms. The molecule has 0 radical (unpaired) electrons. The molecule has 3 aromatic carbocycles. The van der Waals surface area contributed by atoms with Crippen molar-refractivity contribution in [2.24, 2.45) is 17.8 Å². The summed E-state index contributed by atoms with van der Waals surface area (Å²) in [5, 5.41) is 38.0. The molecular weight excluding hydrogens is 952 g/mol. The molecule has 1 aliphatic heterocycles. The van der Waals surface area contributed by atoms with E-state index in [2.05, 4.69) is 41.5 Å². The lowest BCUT2D eigenvalue weighted by atomic mass is 9.84. The molecule has 0 spiro atoms. The summed E-state index contributed by atoms with van der Waals surface area (Å²) in [5.41, 5.74) is 2.10. The third kappa shape index (κ3) is 18.1. The SMILES string of the molecule is CCOC(=O)CC(SP(=S)(OC)OC)C(=O)OCC.Cc1c(C)c2c(c(C)c1O)CC[C@@](C)(CCC[C@H](C)CCC[C@H](C)CCCC(C)C)O2.O=c1c(-c2ccc(O)cc2)coc2cc(O)cc(O)c12. The summed E-state index contributed by atoms with van der Waals surface area (Å²) in [6.07, 6.45) is 15.2. The number of carbonyl (C=O) groups excluding carboxylic acids is 2. The number of aromatic hydroxyl groups is 4. The van der Waals surface area contributed by atoms with Crippen LogP contribution >= 0.6 is 17.1 Å². The molecule has 0 aliphatic carbocycles. The average molecular weight is 1030 g/mol. The molecule has 0 bridgehead atoms. The van der Waals surface area contributed by atoms with Crippen molar-refractivity contribution in [3.63, 3.8) is 0 Å². The minimum Gasteiger partial charge on any atom is -0.508 e.